The summed E-state index contributed by atoms with van der Waals surface area (Å²) in [7, 11) is 0. The molecular weight excluding hydrogens is 385 g/mol. The number of hydrogen-bond acceptors (Lipinski definition) is 3. The lowest BCUT2D eigenvalue weighted by atomic mass is 10.2. The highest BCUT2D eigenvalue weighted by molar-refractivity contribution is 5.84. The number of nitrogens with zero attached hydrogens (tertiary/aromatic N) is 2. The zero-order chi connectivity index (χ0) is 21.9. The molecule has 1 aromatic heterocycles. The summed E-state index contributed by atoms with van der Waals surface area (Å²) in [5, 5.41) is 2.83. The van der Waals surface area contributed by atoms with Crippen molar-refractivity contribution in [3.63, 3.8) is 0 Å². The van der Waals surface area contributed by atoms with Crippen LogP contribution in [0.25, 0.3) is 0 Å². The zero-order valence-corrected chi connectivity index (χ0v) is 17.7. The first-order valence-electron chi connectivity index (χ1n) is 10.1. The van der Waals surface area contributed by atoms with Gasteiger partial charge in [-0.05, 0) is 43.2 Å². The molecule has 0 bridgehead atoms. The molecule has 2 aromatic rings. The first kappa shape index (κ1) is 23.2. The average molecular weight is 416 g/mol. The Bertz CT molecular complexity index is 832. The van der Waals surface area contributed by atoms with Gasteiger partial charge in [0, 0.05) is 19.6 Å². The molecule has 6 nitrogen and oxygen atoms in total. The van der Waals surface area contributed by atoms with E-state index in [0.29, 0.717) is 12.3 Å². The summed E-state index contributed by atoms with van der Waals surface area (Å²) in [5.41, 5.74) is 0.788. The van der Waals surface area contributed by atoms with Crippen LogP contribution in [-0.2, 0) is 17.9 Å². The van der Waals surface area contributed by atoms with Crippen molar-refractivity contribution in [3.05, 3.63) is 72.0 Å². The van der Waals surface area contributed by atoms with Gasteiger partial charge in [-0.15, -0.1) is 6.58 Å². The third-order valence-corrected chi connectivity index (χ3v) is 4.55. The highest BCUT2D eigenvalue weighted by Crippen LogP contribution is 2.14. The maximum absolute atomic E-state index is 13.2. The van der Waals surface area contributed by atoms with Crippen LogP contribution in [0.1, 0.15) is 36.8 Å². The molecule has 0 spiro atoms. The molecule has 0 aliphatic rings. The van der Waals surface area contributed by atoms with Gasteiger partial charge in [0.25, 0.3) is 0 Å². The Hall–Kier alpha value is -3.09. The molecule has 1 N–H and O–H groups in total. The fourth-order valence-electron chi connectivity index (χ4n) is 2.92. The third-order valence-electron chi connectivity index (χ3n) is 4.55. The van der Waals surface area contributed by atoms with E-state index < -0.39 is 0 Å². The third kappa shape index (κ3) is 7.39. The number of aryl methyl sites for hydroxylation is 1. The van der Waals surface area contributed by atoms with Gasteiger partial charge in [-0.3, -0.25) is 4.79 Å². The molecule has 1 heterocycles. The second kappa shape index (κ2) is 11.8. The summed E-state index contributed by atoms with van der Waals surface area (Å²) in [6.07, 6.45) is 3.43. The molecule has 0 saturated carbocycles. The molecule has 2 rings (SSSR count). The van der Waals surface area contributed by atoms with E-state index in [1.807, 2.05) is 26.0 Å². The minimum atomic E-state index is -0.334. The molecule has 7 heteroatoms. The SMILES string of the molecule is C=CCN(CC(=O)N(Cc1ccc(F)cc1)Cc1ccc(C)o1)C(=O)NCCCC. The summed E-state index contributed by atoms with van der Waals surface area (Å²) >= 11 is 0. The van der Waals surface area contributed by atoms with Crippen LogP contribution in [0.15, 0.2) is 53.5 Å². The molecule has 0 saturated heterocycles. The normalized spacial score (nSPS) is 10.5. The van der Waals surface area contributed by atoms with Gasteiger partial charge in [-0.1, -0.05) is 31.6 Å². The van der Waals surface area contributed by atoms with Gasteiger partial charge in [0.05, 0.1) is 6.54 Å². The maximum Gasteiger partial charge on any atom is 0.318 e. The molecule has 162 valence electrons. The number of carbonyl (C=O) groups is 2. The fourth-order valence-corrected chi connectivity index (χ4v) is 2.92. The van der Waals surface area contributed by atoms with Crippen LogP contribution < -0.4 is 5.32 Å². The number of hydrogen-bond donors (Lipinski definition) is 1. The van der Waals surface area contributed by atoms with Gasteiger partial charge in [0.1, 0.15) is 23.9 Å². The molecule has 3 amide bonds. The number of benzene rings is 1. The Labute approximate surface area is 177 Å². The fraction of sp³-hybridized carbons (Fsp3) is 0.391. The lowest BCUT2D eigenvalue weighted by Gasteiger charge is -2.27. The Morgan fingerprint density at radius 2 is 1.87 bits per heavy atom. The molecule has 0 radical (unpaired) electrons. The van der Waals surface area contributed by atoms with Crippen molar-refractivity contribution in [2.24, 2.45) is 0 Å². The van der Waals surface area contributed by atoms with Crippen LogP contribution in [-0.4, -0.2) is 41.4 Å². The number of nitrogens with one attached hydrogen (secondary N) is 1. The van der Waals surface area contributed by atoms with Gasteiger partial charge in [-0.25, -0.2) is 9.18 Å². The Kier molecular flexibility index (Phi) is 9.12. The van der Waals surface area contributed by atoms with Crippen molar-refractivity contribution in [2.45, 2.75) is 39.8 Å². The number of unbranched alkanes of at least 4 members (excludes halogenated alkanes) is 1. The summed E-state index contributed by atoms with van der Waals surface area (Å²) in [5.74, 6) is 0.827. The van der Waals surface area contributed by atoms with E-state index in [2.05, 4.69) is 11.9 Å². The highest BCUT2D eigenvalue weighted by atomic mass is 19.1. The van der Waals surface area contributed by atoms with Crippen LogP contribution >= 0.6 is 0 Å². The largest absolute Gasteiger partial charge is 0.464 e. The van der Waals surface area contributed by atoms with E-state index in [1.54, 1.807) is 23.1 Å². The van der Waals surface area contributed by atoms with Gasteiger partial charge < -0.3 is 19.5 Å². The van der Waals surface area contributed by atoms with Gasteiger partial charge in [0.15, 0.2) is 0 Å². The minimum absolute atomic E-state index is 0.0924. The minimum Gasteiger partial charge on any atom is -0.464 e. The summed E-state index contributed by atoms with van der Waals surface area (Å²) in [6.45, 7) is 8.81. The average Bonchev–Trinajstić information content (AvgIpc) is 3.13. The van der Waals surface area contributed by atoms with Gasteiger partial charge in [-0.2, -0.15) is 0 Å². The smallest absolute Gasteiger partial charge is 0.318 e. The summed E-state index contributed by atoms with van der Waals surface area (Å²) in [6, 6.07) is 9.36. The summed E-state index contributed by atoms with van der Waals surface area (Å²) in [4.78, 5) is 28.6. The standard InChI is InChI=1S/C23H30FN3O3/c1-4-6-13-25-23(29)26(14-5-2)17-22(28)27(16-21-12-7-18(3)30-21)15-19-8-10-20(24)11-9-19/h5,7-12H,2,4,6,13-17H2,1,3H3,(H,25,29). The number of furan rings is 1. The van der Waals surface area contributed by atoms with Crippen molar-refractivity contribution in [3.8, 4) is 0 Å². The first-order valence-corrected chi connectivity index (χ1v) is 10.1. The van der Waals surface area contributed by atoms with Crippen molar-refractivity contribution in [2.75, 3.05) is 19.6 Å². The highest BCUT2D eigenvalue weighted by Gasteiger charge is 2.22. The van der Waals surface area contributed by atoms with Crippen LogP contribution in [0.3, 0.4) is 0 Å². The number of rotatable bonds is 11. The second-order valence-corrected chi connectivity index (χ2v) is 7.14. The topological polar surface area (TPSA) is 65.8 Å². The Balaban J connectivity index is 2.13. The molecular formula is C23H30FN3O3. The van der Waals surface area contributed by atoms with Crippen LogP contribution in [0.2, 0.25) is 0 Å². The van der Waals surface area contributed by atoms with E-state index in [1.165, 1.54) is 17.0 Å². The maximum atomic E-state index is 13.2. The number of halogens is 1. The molecule has 0 aliphatic heterocycles. The monoisotopic (exact) mass is 415 g/mol. The van der Waals surface area contributed by atoms with Crippen molar-refractivity contribution >= 4 is 11.9 Å². The molecule has 1 aromatic carbocycles. The zero-order valence-electron chi connectivity index (χ0n) is 17.7. The Morgan fingerprint density at radius 1 is 1.13 bits per heavy atom. The van der Waals surface area contributed by atoms with Crippen molar-refractivity contribution < 1.29 is 18.4 Å². The van der Waals surface area contributed by atoms with Crippen molar-refractivity contribution in [1.82, 2.24) is 15.1 Å². The van der Waals surface area contributed by atoms with E-state index in [-0.39, 0.29) is 43.9 Å². The summed E-state index contributed by atoms with van der Waals surface area (Å²) < 4.78 is 18.9. The predicted octanol–water partition coefficient (Wildman–Crippen LogP) is 4.25. The Morgan fingerprint density at radius 3 is 2.47 bits per heavy atom. The molecule has 0 unspecified atom stereocenters. The van der Waals surface area contributed by atoms with Crippen LogP contribution in [0.4, 0.5) is 9.18 Å². The van der Waals surface area contributed by atoms with E-state index in [4.69, 9.17) is 4.42 Å². The predicted molar refractivity (Wildman–Crippen MR) is 114 cm³/mol. The van der Waals surface area contributed by atoms with Gasteiger partial charge >= 0.3 is 6.03 Å². The van der Waals surface area contributed by atoms with E-state index in [0.717, 1.165) is 24.2 Å². The van der Waals surface area contributed by atoms with Gasteiger partial charge in [0.2, 0.25) is 5.91 Å². The van der Waals surface area contributed by atoms with E-state index in [9.17, 15) is 14.0 Å². The quantitative estimate of drug-likeness (QED) is 0.441. The molecule has 30 heavy (non-hydrogen) atoms. The van der Waals surface area contributed by atoms with Crippen LogP contribution in [0, 0.1) is 12.7 Å². The molecule has 0 aliphatic carbocycles. The first-order chi connectivity index (χ1) is 14.4. The lowest BCUT2D eigenvalue weighted by Crippen LogP contribution is -2.46. The van der Waals surface area contributed by atoms with E-state index >= 15 is 0 Å². The molecule has 0 fully saturated rings. The number of amides is 3. The molecule has 0 atom stereocenters. The second-order valence-electron chi connectivity index (χ2n) is 7.14. The number of urea groups is 1. The van der Waals surface area contributed by atoms with Crippen LogP contribution in [0.5, 0.6) is 0 Å². The lowest BCUT2D eigenvalue weighted by molar-refractivity contribution is -0.133. The number of carbonyl (C=O) groups excluding carboxylic acids is 2. The van der Waals surface area contributed by atoms with Crippen molar-refractivity contribution in [1.29, 1.82) is 0 Å².